The Morgan fingerprint density at radius 2 is 2.07 bits per heavy atom. The predicted octanol–water partition coefficient (Wildman–Crippen LogP) is -0.263. The van der Waals surface area contributed by atoms with Crippen molar-refractivity contribution in [1.82, 2.24) is 5.10 Å². The second-order valence-electron chi connectivity index (χ2n) is 2.63. The summed E-state index contributed by atoms with van der Waals surface area (Å²) < 4.78 is 0.357. The van der Waals surface area contributed by atoms with Gasteiger partial charge in [-0.2, -0.15) is 0 Å². The van der Waals surface area contributed by atoms with Crippen LogP contribution in [0.5, 0.6) is 0 Å². The van der Waals surface area contributed by atoms with Crippen LogP contribution in [-0.4, -0.2) is 5.10 Å². The van der Waals surface area contributed by atoms with Gasteiger partial charge in [0, 0.05) is 4.85 Å². The van der Waals surface area contributed by atoms with E-state index in [-0.39, 0.29) is 20.9 Å². The van der Waals surface area contributed by atoms with Crippen LogP contribution in [0.2, 0.25) is 5.02 Å². The number of nitrogens with two attached hydrogens (primary N) is 1. The lowest BCUT2D eigenvalue weighted by molar-refractivity contribution is -0.671. The van der Waals surface area contributed by atoms with Gasteiger partial charge in [-0.3, -0.25) is 5.73 Å². The first-order valence-corrected chi connectivity index (χ1v) is 4.06. The van der Waals surface area contributed by atoms with Crippen molar-refractivity contribution in [2.75, 3.05) is 5.73 Å². The number of anilines is 1. The van der Waals surface area contributed by atoms with Crippen LogP contribution in [0.1, 0.15) is 0 Å². The number of aromatic nitrogens is 3. The van der Waals surface area contributed by atoms with Crippen LogP contribution in [0.25, 0.3) is 11.0 Å². The Morgan fingerprint density at radius 3 is 2.79 bits per heavy atom. The zero-order valence-electron chi connectivity index (χ0n) is 6.85. The van der Waals surface area contributed by atoms with Gasteiger partial charge in [-0.05, 0) is 12.1 Å². The van der Waals surface area contributed by atoms with Gasteiger partial charge >= 0.3 is 11.5 Å². The molecule has 2 rings (SSSR count). The molecule has 0 aliphatic heterocycles. The second-order valence-corrected chi connectivity index (χ2v) is 3.04. The third-order valence-corrected chi connectivity index (χ3v) is 2.08. The average Bonchev–Trinajstić information content (AvgIpc) is 2.14. The first-order chi connectivity index (χ1) is 6.61. The molecule has 0 bridgehead atoms. The zero-order valence-corrected chi connectivity index (χ0v) is 7.60. The van der Waals surface area contributed by atoms with Gasteiger partial charge in [0.2, 0.25) is 5.10 Å². The van der Waals surface area contributed by atoms with E-state index in [2.05, 4.69) is 5.10 Å². The first kappa shape index (κ1) is 8.76. The molecule has 0 saturated heterocycles. The summed E-state index contributed by atoms with van der Waals surface area (Å²) in [7, 11) is 0. The van der Waals surface area contributed by atoms with E-state index in [1.807, 2.05) is 0 Å². The zero-order chi connectivity index (χ0) is 10.3. The lowest BCUT2D eigenvalue weighted by Gasteiger charge is -2.06. The number of benzene rings is 1. The summed E-state index contributed by atoms with van der Waals surface area (Å²) in [6.45, 7) is 0. The molecule has 14 heavy (non-hydrogen) atoms. The fourth-order valence-electron chi connectivity index (χ4n) is 1.16. The number of para-hydroxylation sites is 1. The fraction of sp³-hybridized carbons (Fsp3) is 0. The highest BCUT2D eigenvalue weighted by Gasteiger charge is 2.19. The monoisotopic (exact) mass is 212 g/mol. The maximum absolute atomic E-state index is 11.4. The van der Waals surface area contributed by atoms with Crippen LogP contribution < -0.4 is 15.3 Å². The molecule has 0 amide bonds. The minimum absolute atomic E-state index is 0.0124. The summed E-state index contributed by atoms with van der Waals surface area (Å²) in [4.78, 5) is 0.237. The molecule has 1 aromatic heterocycles. The minimum atomic E-state index is -0.408. The molecule has 1 aromatic carbocycles. The van der Waals surface area contributed by atoms with Crippen molar-refractivity contribution >= 4 is 28.6 Å². The highest BCUT2D eigenvalue weighted by molar-refractivity contribution is 6.34. The molecule has 1 heterocycles. The van der Waals surface area contributed by atoms with Gasteiger partial charge in [0.15, 0.2) is 5.52 Å². The van der Waals surface area contributed by atoms with E-state index in [9.17, 15) is 10.4 Å². The van der Waals surface area contributed by atoms with Crippen molar-refractivity contribution in [3.63, 3.8) is 0 Å². The molecular formula is C7H5ClN4O2. The lowest BCUT2D eigenvalue weighted by atomic mass is 10.3. The first-order valence-electron chi connectivity index (χ1n) is 3.68. The Kier molecular flexibility index (Phi) is 1.78. The number of hydrogen-bond acceptors (Lipinski definition) is 4. The van der Waals surface area contributed by atoms with Crippen molar-refractivity contribution in [3.05, 3.63) is 33.6 Å². The summed E-state index contributed by atoms with van der Waals surface area (Å²) >= 11 is 5.73. The fourth-order valence-corrected chi connectivity index (χ4v) is 1.41. The maximum atomic E-state index is 11.4. The number of rotatable bonds is 0. The highest BCUT2D eigenvalue weighted by atomic mass is 35.5. The Bertz CT molecular complexity index is 517. The Balaban J connectivity index is 3.02. The van der Waals surface area contributed by atoms with Gasteiger partial charge in [0.25, 0.3) is 0 Å². The molecule has 72 valence electrons. The molecule has 0 spiro atoms. The standard InChI is InChI=1S/C7H5ClN4O2/c8-4-2-1-3-5-6(4)12(14)10-7(9)11(5)13/h1-3H,(H2,9,10). The van der Waals surface area contributed by atoms with Gasteiger partial charge in [-0.1, -0.05) is 17.7 Å². The summed E-state index contributed by atoms with van der Waals surface area (Å²) in [5.74, 6) is -0.408. The number of nitrogens with zero attached hydrogens (tertiary/aromatic N) is 3. The van der Waals surface area contributed by atoms with Crippen LogP contribution in [0.4, 0.5) is 5.95 Å². The molecular weight excluding hydrogens is 208 g/mol. The molecule has 0 atom stereocenters. The van der Waals surface area contributed by atoms with Crippen molar-refractivity contribution in [3.8, 4) is 0 Å². The highest BCUT2D eigenvalue weighted by Crippen LogP contribution is 2.16. The molecule has 0 aliphatic rings. The minimum Gasteiger partial charge on any atom is -0.739 e. The molecule has 0 fully saturated rings. The molecule has 0 saturated carbocycles. The molecule has 6 nitrogen and oxygen atoms in total. The quantitative estimate of drug-likeness (QED) is 0.481. The molecule has 2 aromatic rings. The SMILES string of the molecule is Nc1n[n+]([O-])c2c(Cl)cccc2[n+]1[O-]. The van der Waals surface area contributed by atoms with E-state index in [1.54, 1.807) is 6.07 Å². The predicted molar refractivity (Wildman–Crippen MR) is 49.1 cm³/mol. The Hall–Kier alpha value is -1.82. The van der Waals surface area contributed by atoms with Crippen LogP contribution in [-0.2, 0) is 0 Å². The van der Waals surface area contributed by atoms with E-state index >= 15 is 0 Å². The van der Waals surface area contributed by atoms with Gasteiger partial charge in [-0.15, -0.1) is 0 Å². The Labute approximate surface area is 83.3 Å². The van der Waals surface area contributed by atoms with E-state index in [1.165, 1.54) is 12.1 Å². The van der Waals surface area contributed by atoms with Crippen LogP contribution in [0.15, 0.2) is 18.2 Å². The van der Waals surface area contributed by atoms with Crippen molar-refractivity contribution < 1.29 is 9.58 Å². The normalized spacial score (nSPS) is 10.6. The van der Waals surface area contributed by atoms with E-state index in [0.29, 0.717) is 4.73 Å². The molecule has 2 N–H and O–H groups in total. The summed E-state index contributed by atoms with van der Waals surface area (Å²) in [6, 6.07) is 4.50. The van der Waals surface area contributed by atoms with Crippen LogP contribution in [0.3, 0.4) is 0 Å². The lowest BCUT2D eigenvalue weighted by Crippen LogP contribution is -2.44. The number of hydrogen-bond donors (Lipinski definition) is 1. The van der Waals surface area contributed by atoms with Gasteiger partial charge < -0.3 is 10.4 Å². The maximum Gasteiger partial charge on any atom is 0.458 e. The summed E-state index contributed by atoms with van der Waals surface area (Å²) in [5, 5.41) is 26.0. The van der Waals surface area contributed by atoms with E-state index < -0.39 is 5.95 Å². The van der Waals surface area contributed by atoms with Gasteiger partial charge in [-0.25, -0.2) is 4.73 Å². The summed E-state index contributed by atoms with van der Waals surface area (Å²) in [6.07, 6.45) is 0. The number of fused-ring (bicyclic) bond motifs is 1. The number of halogens is 1. The number of nitrogen functional groups attached to an aromatic ring is 1. The van der Waals surface area contributed by atoms with Crippen LogP contribution >= 0.6 is 11.6 Å². The molecule has 0 radical (unpaired) electrons. The summed E-state index contributed by atoms with van der Waals surface area (Å²) in [5.41, 5.74) is 5.32. The van der Waals surface area contributed by atoms with Crippen molar-refractivity contribution in [1.29, 1.82) is 0 Å². The average molecular weight is 213 g/mol. The molecule has 0 aliphatic carbocycles. The second kappa shape index (κ2) is 2.85. The van der Waals surface area contributed by atoms with Crippen LogP contribution in [0, 0.1) is 10.4 Å². The van der Waals surface area contributed by atoms with E-state index in [4.69, 9.17) is 17.3 Å². The smallest absolute Gasteiger partial charge is 0.458 e. The topological polar surface area (TPSA) is 92.8 Å². The molecule has 0 unspecified atom stereocenters. The van der Waals surface area contributed by atoms with Crippen molar-refractivity contribution in [2.24, 2.45) is 0 Å². The largest absolute Gasteiger partial charge is 0.739 e. The Morgan fingerprint density at radius 1 is 1.36 bits per heavy atom. The molecule has 7 heteroatoms. The third kappa shape index (κ3) is 1.08. The van der Waals surface area contributed by atoms with Gasteiger partial charge in [0.05, 0.1) is 0 Å². The van der Waals surface area contributed by atoms with E-state index in [0.717, 1.165) is 0 Å². The van der Waals surface area contributed by atoms with Crippen molar-refractivity contribution in [2.45, 2.75) is 0 Å². The third-order valence-electron chi connectivity index (χ3n) is 1.78. The van der Waals surface area contributed by atoms with Gasteiger partial charge in [0.1, 0.15) is 5.02 Å².